The first-order valence-corrected chi connectivity index (χ1v) is 38.4. The molecule has 0 aliphatic carbocycles. The number of carbonyl (C=O) groups is 2. The second kappa shape index (κ2) is 30.1. The van der Waals surface area contributed by atoms with Crippen molar-refractivity contribution in [1.82, 2.24) is 53.6 Å². The van der Waals surface area contributed by atoms with Gasteiger partial charge in [-0.05, 0) is 127 Å². The molecule has 2 atom stereocenters. The Labute approximate surface area is 587 Å². The lowest BCUT2D eigenvalue weighted by Gasteiger charge is -2.47. The van der Waals surface area contributed by atoms with Gasteiger partial charge in [0.2, 0.25) is 11.8 Å². The van der Waals surface area contributed by atoms with Crippen LogP contribution in [0.25, 0.3) is 33.8 Å². The minimum atomic E-state index is -2.82. The summed E-state index contributed by atoms with van der Waals surface area (Å²) < 4.78 is 38.7. The van der Waals surface area contributed by atoms with Crippen molar-refractivity contribution in [3.05, 3.63) is 173 Å². The Balaban J connectivity index is 0.000000189. The van der Waals surface area contributed by atoms with Crippen LogP contribution >= 0.6 is 22.7 Å². The molecule has 14 rings (SSSR count). The van der Waals surface area contributed by atoms with Crippen LogP contribution in [0.1, 0.15) is 71.7 Å². The smallest absolute Gasteiger partial charge is 0.261 e. The summed E-state index contributed by atoms with van der Waals surface area (Å²) in [5, 5.41) is 23.1. The zero-order valence-corrected chi connectivity index (χ0v) is 60.3. The van der Waals surface area contributed by atoms with E-state index in [2.05, 4.69) is 143 Å². The van der Waals surface area contributed by atoms with Crippen LogP contribution < -0.4 is 30.0 Å². The minimum absolute atomic E-state index is 0.0195. The van der Waals surface area contributed by atoms with Crippen molar-refractivity contribution in [2.24, 2.45) is 0 Å². The summed E-state index contributed by atoms with van der Waals surface area (Å²) >= 11 is 3.07. The number of amides is 2. The van der Waals surface area contributed by atoms with Crippen LogP contribution in [0, 0.1) is 11.6 Å². The molecule has 2 amide bonds. The van der Waals surface area contributed by atoms with E-state index in [1.807, 2.05) is 56.2 Å². The predicted octanol–water partition coefficient (Wildman–Crippen LogP) is 11.0. The molecule has 19 nitrogen and oxygen atoms in total. The van der Waals surface area contributed by atoms with Gasteiger partial charge in [-0.1, -0.05) is 95.3 Å². The maximum absolute atomic E-state index is 13.7. The monoisotopic (exact) mass is 1390 g/mol. The van der Waals surface area contributed by atoms with Crippen LogP contribution in [0.5, 0.6) is 0 Å². The number of aromatic nitrogens is 7. The summed E-state index contributed by atoms with van der Waals surface area (Å²) in [6.45, 7) is 19.9. The van der Waals surface area contributed by atoms with Crippen molar-refractivity contribution >= 4 is 97.9 Å². The first kappa shape index (κ1) is 69.0. The molecule has 10 aromatic rings. The second-order valence-corrected chi connectivity index (χ2v) is 33.2. The van der Waals surface area contributed by atoms with Gasteiger partial charge in [-0.3, -0.25) is 23.8 Å². The Kier molecular flexibility index (Phi) is 21.0. The lowest BCUT2D eigenvalue weighted by Crippen LogP contribution is -2.68. The van der Waals surface area contributed by atoms with Crippen LogP contribution in [0.4, 0.5) is 42.2 Å². The Morgan fingerprint density at radius 2 is 1.07 bits per heavy atom. The first-order chi connectivity index (χ1) is 48.0. The highest BCUT2D eigenvalue weighted by molar-refractivity contribution is 7.14. The number of anilines is 6. The largest absolute Gasteiger partial charge is 0.406 e. The zero-order chi connectivity index (χ0) is 69.0. The Bertz CT molecular complexity index is 4350. The molecular formula is C75H89F2N15O4S2Si. The molecule has 24 heteroatoms. The Hall–Kier alpha value is -8.49. The third-order valence-corrected chi connectivity index (χ3v) is 26.8. The average Bonchev–Trinajstić information content (AvgIpc) is 1.71. The molecule has 0 bridgehead atoms. The van der Waals surface area contributed by atoms with Gasteiger partial charge in [-0.25, -0.2) is 28.7 Å². The molecule has 4 aliphatic rings. The van der Waals surface area contributed by atoms with Gasteiger partial charge >= 0.3 is 0 Å². The van der Waals surface area contributed by atoms with E-state index in [-0.39, 0.29) is 47.2 Å². The number of thiazole rings is 2. The molecule has 6 aromatic heterocycles. The number of piperazine rings is 2. The SMILES string of the molecule is CCc1nc2ccc(N3CCN(CC(=O)N4CCCC4)[C@H](CO)C3)nn2c1N(C)c1nc(-c2ccc(F)cc2)cs1.CCc1nc2ccc(N3CCN(CC(=O)N4CCCC4)[C@H](CO[Si](c4ccccc4)(c4ccccc4)C(C)(C)C)C3)cn2c1N(C)c1nc(-c2ccc(F)cc2)cs1. The van der Waals surface area contributed by atoms with Crippen LogP contribution in [0.3, 0.4) is 0 Å². The van der Waals surface area contributed by atoms with E-state index in [0.717, 1.165) is 156 Å². The van der Waals surface area contributed by atoms with E-state index < -0.39 is 8.32 Å². The van der Waals surface area contributed by atoms with E-state index in [1.165, 1.54) is 46.0 Å². The average molecular weight is 1390 g/mol. The van der Waals surface area contributed by atoms with Crippen LogP contribution in [0.2, 0.25) is 5.04 Å². The highest BCUT2D eigenvalue weighted by atomic mass is 32.1. The van der Waals surface area contributed by atoms with Gasteiger partial charge < -0.3 is 38.9 Å². The van der Waals surface area contributed by atoms with Crippen molar-refractivity contribution in [2.75, 3.05) is 125 Å². The highest BCUT2D eigenvalue weighted by Crippen LogP contribution is 2.40. The number of fused-ring (bicyclic) bond motifs is 2. The van der Waals surface area contributed by atoms with E-state index in [0.29, 0.717) is 45.9 Å². The molecule has 4 aliphatic heterocycles. The van der Waals surface area contributed by atoms with Crippen molar-refractivity contribution < 1.29 is 27.9 Å². The number of nitrogens with zero attached hydrogens (tertiary/aromatic N) is 15. The lowest BCUT2D eigenvalue weighted by atomic mass is 10.1. The molecule has 99 heavy (non-hydrogen) atoms. The van der Waals surface area contributed by atoms with Crippen molar-refractivity contribution in [3.8, 4) is 22.5 Å². The maximum Gasteiger partial charge on any atom is 0.261 e. The molecule has 518 valence electrons. The second-order valence-electron chi connectivity index (χ2n) is 27.2. The number of aryl methyl sites for hydroxylation is 2. The molecular weight excluding hydrogens is 1310 g/mol. The number of hydrogen-bond donors (Lipinski definition) is 1. The number of rotatable bonds is 20. The fraction of sp³-hybridized carbons (Fsp3) is 0.400. The molecule has 1 N–H and O–H groups in total. The van der Waals surface area contributed by atoms with Gasteiger partial charge in [-0.15, -0.1) is 27.8 Å². The van der Waals surface area contributed by atoms with Crippen molar-refractivity contribution in [1.29, 1.82) is 0 Å². The summed E-state index contributed by atoms with van der Waals surface area (Å²) in [7, 11) is 1.18. The van der Waals surface area contributed by atoms with Gasteiger partial charge in [-0.2, -0.15) is 4.52 Å². The third-order valence-electron chi connectivity index (χ3n) is 19.9. The van der Waals surface area contributed by atoms with Gasteiger partial charge in [0.25, 0.3) is 8.32 Å². The Morgan fingerprint density at radius 1 is 0.586 bits per heavy atom. The molecule has 0 radical (unpaired) electrons. The fourth-order valence-electron chi connectivity index (χ4n) is 14.5. The number of hydrogen-bond acceptors (Lipinski definition) is 17. The van der Waals surface area contributed by atoms with E-state index in [1.54, 1.807) is 35.6 Å². The quantitative estimate of drug-likeness (QED) is 0.0717. The van der Waals surface area contributed by atoms with Crippen molar-refractivity contribution in [3.63, 3.8) is 0 Å². The number of aliphatic hydroxyl groups excluding tert-OH is 1. The maximum atomic E-state index is 13.7. The van der Waals surface area contributed by atoms with Gasteiger partial charge in [0.1, 0.15) is 28.9 Å². The lowest BCUT2D eigenvalue weighted by molar-refractivity contribution is -0.133. The predicted molar refractivity (Wildman–Crippen MR) is 396 cm³/mol. The molecule has 10 heterocycles. The number of pyridine rings is 1. The number of carbonyl (C=O) groups excluding carboxylic acids is 2. The standard InChI is InChI=1S/C46H54FN7O2SSi.C29H35FN8O2S/c1-6-40-44(50(5)45-49-41(33-57-45)34-19-21-35(47)22-20-34)54-30-36(23-24-42(54)48-40)52-27-28-53(31-43(55)51-25-13-14-26-51)37(29-52)32-56-58(46(2,3)4,38-15-9-7-10-16-38)39-17-11-8-12-18-39;1-3-23-28(34(2)29-32-24(19-41-29)20-6-8-21(30)9-7-20)38-25(31-23)10-11-26(33-38)37-15-14-36(22(16-37)18-39)17-27(40)35-12-4-5-13-35/h7-12,15-24,30,33,37H,6,13-14,25-29,31-32H2,1-5H3;6-11,19,22,39H,3-5,12-18H2,1-2H3/t37-;22-/m00/s1. The summed E-state index contributed by atoms with van der Waals surface area (Å²) in [5.74, 6) is 2.44. The van der Waals surface area contributed by atoms with Gasteiger partial charge in [0.15, 0.2) is 21.7 Å². The fourth-order valence-corrected chi connectivity index (χ4v) is 20.7. The van der Waals surface area contributed by atoms with Crippen molar-refractivity contribution in [2.45, 2.75) is 90.3 Å². The van der Waals surface area contributed by atoms with Gasteiger partial charge in [0, 0.05) is 114 Å². The highest BCUT2D eigenvalue weighted by Gasteiger charge is 2.51. The molecule has 0 unspecified atom stereocenters. The number of likely N-dealkylation sites (tertiary alicyclic amines) is 2. The molecule has 0 spiro atoms. The van der Waals surface area contributed by atoms with E-state index >= 15 is 0 Å². The summed E-state index contributed by atoms with van der Waals surface area (Å²) in [4.78, 5) is 63.3. The summed E-state index contributed by atoms with van der Waals surface area (Å²) in [5.41, 5.74) is 7.94. The minimum Gasteiger partial charge on any atom is -0.406 e. The number of benzene rings is 4. The molecule has 4 saturated heterocycles. The Morgan fingerprint density at radius 3 is 1.60 bits per heavy atom. The topological polar surface area (TPSA) is 163 Å². The number of aliphatic hydroxyl groups is 1. The van der Waals surface area contributed by atoms with Crippen LogP contribution in [0.15, 0.2) is 150 Å². The summed E-state index contributed by atoms with van der Waals surface area (Å²) in [6.07, 6.45) is 7.98. The van der Waals surface area contributed by atoms with Crippen LogP contribution in [-0.2, 0) is 26.9 Å². The van der Waals surface area contributed by atoms with Crippen LogP contribution in [-0.4, -0.2) is 197 Å². The first-order valence-electron chi connectivity index (χ1n) is 34.7. The van der Waals surface area contributed by atoms with E-state index in [9.17, 15) is 23.5 Å². The van der Waals surface area contributed by atoms with E-state index in [4.69, 9.17) is 29.5 Å². The number of imidazole rings is 2. The molecule has 4 aromatic carbocycles. The third kappa shape index (κ3) is 14.6. The molecule has 4 fully saturated rings. The molecule has 0 saturated carbocycles. The zero-order valence-electron chi connectivity index (χ0n) is 57.7. The summed E-state index contributed by atoms with van der Waals surface area (Å²) in [6, 6.07) is 42.5. The van der Waals surface area contributed by atoms with Gasteiger partial charge in [0.05, 0.1) is 60.8 Å². The normalized spacial score (nSPS) is 17.2. The number of halogens is 2.